The number of nitrogens with zero attached hydrogens (tertiary/aromatic N) is 2. The van der Waals surface area contributed by atoms with Crippen LogP contribution in [0, 0.1) is 19.7 Å². The van der Waals surface area contributed by atoms with E-state index >= 15 is 0 Å². The molecule has 0 saturated heterocycles. The van der Waals surface area contributed by atoms with E-state index in [9.17, 15) is 9.50 Å². The van der Waals surface area contributed by atoms with Crippen molar-refractivity contribution in [3.63, 3.8) is 0 Å². The predicted molar refractivity (Wildman–Crippen MR) is 62.0 cm³/mol. The molecule has 3 nitrogen and oxygen atoms in total. The Hall–Kier alpha value is -1.81. The van der Waals surface area contributed by atoms with Crippen LogP contribution in [0.1, 0.15) is 28.4 Å². The fraction of sp³-hybridized carbons (Fsp3) is 0.231. The van der Waals surface area contributed by atoms with Crippen LogP contribution >= 0.6 is 0 Å². The van der Waals surface area contributed by atoms with Crippen molar-refractivity contribution in [1.82, 2.24) is 9.97 Å². The molecule has 0 saturated carbocycles. The summed E-state index contributed by atoms with van der Waals surface area (Å²) < 4.78 is 13.8. The number of hydrogen-bond acceptors (Lipinski definition) is 3. The van der Waals surface area contributed by atoms with Gasteiger partial charge in [-0.25, -0.2) is 14.4 Å². The van der Waals surface area contributed by atoms with E-state index in [-0.39, 0.29) is 5.56 Å². The Morgan fingerprint density at radius 1 is 1.18 bits per heavy atom. The first-order valence-corrected chi connectivity index (χ1v) is 5.29. The van der Waals surface area contributed by atoms with Gasteiger partial charge in [0.1, 0.15) is 18.2 Å². The van der Waals surface area contributed by atoms with Gasteiger partial charge in [-0.15, -0.1) is 0 Å². The predicted octanol–water partition coefficient (Wildman–Crippen LogP) is 2.31. The monoisotopic (exact) mass is 232 g/mol. The van der Waals surface area contributed by atoms with E-state index in [1.54, 1.807) is 6.92 Å². The molecule has 0 bridgehead atoms. The van der Waals surface area contributed by atoms with E-state index in [0.29, 0.717) is 5.56 Å². The Morgan fingerprint density at radius 2 is 1.82 bits per heavy atom. The van der Waals surface area contributed by atoms with E-state index in [1.165, 1.54) is 24.8 Å². The minimum absolute atomic E-state index is 0.283. The Morgan fingerprint density at radius 3 is 2.41 bits per heavy atom. The van der Waals surface area contributed by atoms with E-state index in [2.05, 4.69) is 9.97 Å². The molecular weight excluding hydrogens is 219 g/mol. The third-order valence-corrected chi connectivity index (χ3v) is 2.65. The molecule has 0 radical (unpaired) electrons. The Bertz CT molecular complexity index is 505. The SMILES string of the molecule is Cc1cc(C)c(C(O)c2cncnc2)c(F)c1. The average Bonchev–Trinajstić information content (AvgIpc) is 2.28. The first-order chi connectivity index (χ1) is 8.09. The van der Waals surface area contributed by atoms with E-state index < -0.39 is 11.9 Å². The van der Waals surface area contributed by atoms with Crippen LogP contribution in [-0.2, 0) is 0 Å². The summed E-state index contributed by atoms with van der Waals surface area (Å²) in [6.45, 7) is 3.59. The van der Waals surface area contributed by atoms with Crippen molar-refractivity contribution >= 4 is 0 Å². The summed E-state index contributed by atoms with van der Waals surface area (Å²) in [4.78, 5) is 7.63. The number of benzene rings is 1. The highest BCUT2D eigenvalue weighted by molar-refractivity contribution is 5.37. The number of aliphatic hydroxyl groups excluding tert-OH is 1. The summed E-state index contributed by atoms with van der Waals surface area (Å²) in [6.07, 6.45) is 3.30. The fourth-order valence-electron chi connectivity index (χ4n) is 1.89. The highest BCUT2D eigenvalue weighted by Gasteiger charge is 2.18. The molecule has 2 rings (SSSR count). The van der Waals surface area contributed by atoms with Gasteiger partial charge in [0.2, 0.25) is 0 Å². The smallest absolute Gasteiger partial charge is 0.129 e. The number of aliphatic hydroxyl groups is 1. The van der Waals surface area contributed by atoms with Crippen LogP contribution in [0.2, 0.25) is 0 Å². The van der Waals surface area contributed by atoms with Gasteiger partial charge in [0, 0.05) is 23.5 Å². The van der Waals surface area contributed by atoms with E-state index in [0.717, 1.165) is 11.1 Å². The molecule has 0 amide bonds. The second-order valence-electron chi connectivity index (χ2n) is 4.05. The highest BCUT2D eigenvalue weighted by Crippen LogP contribution is 2.27. The summed E-state index contributed by atoms with van der Waals surface area (Å²) in [5, 5.41) is 10.1. The van der Waals surface area contributed by atoms with Crippen LogP contribution in [0.5, 0.6) is 0 Å². The van der Waals surface area contributed by atoms with Gasteiger partial charge in [-0.05, 0) is 31.0 Å². The van der Waals surface area contributed by atoms with Crippen molar-refractivity contribution in [2.24, 2.45) is 0 Å². The lowest BCUT2D eigenvalue weighted by Crippen LogP contribution is -2.06. The van der Waals surface area contributed by atoms with Gasteiger partial charge in [-0.2, -0.15) is 0 Å². The molecule has 4 heteroatoms. The lowest BCUT2D eigenvalue weighted by molar-refractivity contribution is 0.213. The van der Waals surface area contributed by atoms with Crippen molar-refractivity contribution in [3.8, 4) is 0 Å². The number of aromatic nitrogens is 2. The maximum Gasteiger partial charge on any atom is 0.129 e. The highest BCUT2D eigenvalue weighted by atomic mass is 19.1. The molecule has 0 aliphatic heterocycles. The quantitative estimate of drug-likeness (QED) is 0.864. The van der Waals surface area contributed by atoms with Gasteiger partial charge in [-0.3, -0.25) is 0 Å². The molecule has 0 fully saturated rings. The Labute approximate surface area is 99.0 Å². The lowest BCUT2D eigenvalue weighted by Gasteiger charge is -2.15. The van der Waals surface area contributed by atoms with Crippen LogP contribution in [0.25, 0.3) is 0 Å². The molecule has 0 spiro atoms. The second-order valence-corrected chi connectivity index (χ2v) is 4.05. The molecule has 1 N–H and O–H groups in total. The third kappa shape index (κ3) is 2.31. The van der Waals surface area contributed by atoms with Crippen molar-refractivity contribution in [2.45, 2.75) is 20.0 Å². The molecule has 1 unspecified atom stereocenters. The van der Waals surface area contributed by atoms with Crippen molar-refractivity contribution in [1.29, 1.82) is 0 Å². The van der Waals surface area contributed by atoms with Gasteiger partial charge in [0.15, 0.2) is 0 Å². The van der Waals surface area contributed by atoms with E-state index in [4.69, 9.17) is 0 Å². The van der Waals surface area contributed by atoms with Crippen LogP contribution in [0.4, 0.5) is 4.39 Å². The summed E-state index contributed by atoms with van der Waals surface area (Å²) in [5.41, 5.74) is 2.32. The second kappa shape index (κ2) is 4.59. The first-order valence-electron chi connectivity index (χ1n) is 5.29. The molecule has 17 heavy (non-hydrogen) atoms. The van der Waals surface area contributed by atoms with Gasteiger partial charge in [0.05, 0.1) is 0 Å². The minimum atomic E-state index is -1.03. The largest absolute Gasteiger partial charge is 0.383 e. The fourth-order valence-corrected chi connectivity index (χ4v) is 1.89. The number of aryl methyl sites for hydroxylation is 2. The Kier molecular flexibility index (Phi) is 3.15. The zero-order valence-corrected chi connectivity index (χ0v) is 9.68. The van der Waals surface area contributed by atoms with Crippen LogP contribution < -0.4 is 0 Å². The lowest BCUT2D eigenvalue weighted by atomic mass is 9.97. The van der Waals surface area contributed by atoms with Gasteiger partial charge < -0.3 is 5.11 Å². The summed E-state index contributed by atoms with van der Waals surface area (Å²) in [6, 6.07) is 3.25. The topological polar surface area (TPSA) is 46.0 Å². The number of hydrogen-bond donors (Lipinski definition) is 1. The normalized spacial score (nSPS) is 12.5. The molecule has 1 heterocycles. The van der Waals surface area contributed by atoms with Gasteiger partial charge >= 0.3 is 0 Å². The van der Waals surface area contributed by atoms with E-state index in [1.807, 2.05) is 13.0 Å². The minimum Gasteiger partial charge on any atom is -0.383 e. The number of halogens is 1. The molecule has 0 aliphatic rings. The molecule has 2 aromatic rings. The van der Waals surface area contributed by atoms with Crippen LogP contribution in [-0.4, -0.2) is 15.1 Å². The van der Waals surface area contributed by atoms with Gasteiger partial charge in [-0.1, -0.05) is 6.07 Å². The molecule has 1 aromatic carbocycles. The van der Waals surface area contributed by atoms with Crippen molar-refractivity contribution in [2.75, 3.05) is 0 Å². The molecule has 1 atom stereocenters. The van der Waals surface area contributed by atoms with Crippen molar-refractivity contribution < 1.29 is 9.50 Å². The molecule has 88 valence electrons. The standard InChI is InChI=1S/C13H13FN2O/c1-8-3-9(2)12(11(14)4-8)13(17)10-5-15-7-16-6-10/h3-7,13,17H,1-2H3. The molecular formula is C13H13FN2O. The zero-order valence-electron chi connectivity index (χ0n) is 9.68. The third-order valence-electron chi connectivity index (χ3n) is 2.65. The zero-order chi connectivity index (χ0) is 12.4. The Balaban J connectivity index is 2.48. The van der Waals surface area contributed by atoms with Gasteiger partial charge in [0.25, 0.3) is 0 Å². The summed E-state index contributed by atoms with van der Waals surface area (Å²) in [5.74, 6) is -0.404. The average molecular weight is 232 g/mol. The van der Waals surface area contributed by atoms with Crippen LogP contribution in [0.15, 0.2) is 30.9 Å². The summed E-state index contributed by atoms with van der Waals surface area (Å²) >= 11 is 0. The van der Waals surface area contributed by atoms with Crippen LogP contribution in [0.3, 0.4) is 0 Å². The molecule has 0 aliphatic carbocycles. The number of rotatable bonds is 2. The first kappa shape index (κ1) is 11.7. The summed E-state index contributed by atoms with van der Waals surface area (Å²) in [7, 11) is 0. The van der Waals surface area contributed by atoms with Crippen molar-refractivity contribution in [3.05, 3.63) is 58.9 Å². The maximum absolute atomic E-state index is 13.8. The maximum atomic E-state index is 13.8. The molecule has 1 aromatic heterocycles.